The molecule has 0 bridgehead atoms. The molecule has 1 aromatic heterocycles. The van der Waals surface area contributed by atoms with E-state index in [0.717, 1.165) is 5.56 Å². The monoisotopic (exact) mass is 240 g/mol. The summed E-state index contributed by atoms with van der Waals surface area (Å²) in [6, 6.07) is 11.5. The summed E-state index contributed by atoms with van der Waals surface area (Å²) in [5.74, 6) is -0.0983. The topological polar surface area (TPSA) is 42.0 Å². The standard InChI is InChI=1S/C15H16N2O/c1-11-6-3-4-8-14(11)12(2)17-15(18)13-7-5-9-16-10-13/h3-10,12H,1-2H3,(H,17,18)/t12-/m0/s1. The first-order valence-corrected chi connectivity index (χ1v) is 5.95. The quantitative estimate of drug-likeness (QED) is 0.896. The fourth-order valence-electron chi connectivity index (χ4n) is 1.93. The molecule has 0 fully saturated rings. The number of hydrogen-bond donors (Lipinski definition) is 1. The van der Waals surface area contributed by atoms with E-state index in [1.54, 1.807) is 24.5 Å². The Balaban J connectivity index is 2.11. The Bertz CT molecular complexity index is 537. The number of rotatable bonds is 3. The number of amides is 1. The Morgan fingerprint density at radius 2 is 2.00 bits per heavy atom. The number of aromatic nitrogens is 1. The molecule has 0 aliphatic rings. The van der Waals surface area contributed by atoms with Crippen molar-refractivity contribution in [2.24, 2.45) is 0 Å². The summed E-state index contributed by atoms with van der Waals surface area (Å²) in [7, 11) is 0. The van der Waals surface area contributed by atoms with Crippen LogP contribution in [0.5, 0.6) is 0 Å². The SMILES string of the molecule is Cc1ccccc1[C@H](C)NC(=O)c1cccnc1. The fraction of sp³-hybridized carbons (Fsp3) is 0.200. The molecule has 0 saturated heterocycles. The lowest BCUT2D eigenvalue weighted by atomic mass is 10.0. The van der Waals surface area contributed by atoms with Crippen LogP contribution in [0.25, 0.3) is 0 Å². The van der Waals surface area contributed by atoms with Gasteiger partial charge in [-0.2, -0.15) is 0 Å². The van der Waals surface area contributed by atoms with Crippen LogP contribution in [-0.2, 0) is 0 Å². The molecule has 1 amide bonds. The van der Waals surface area contributed by atoms with Crippen LogP contribution < -0.4 is 5.32 Å². The van der Waals surface area contributed by atoms with Crippen LogP contribution in [0, 0.1) is 6.92 Å². The van der Waals surface area contributed by atoms with Gasteiger partial charge in [-0.15, -0.1) is 0 Å². The van der Waals surface area contributed by atoms with Crippen molar-refractivity contribution in [3.63, 3.8) is 0 Å². The molecule has 1 heterocycles. The molecule has 3 nitrogen and oxygen atoms in total. The van der Waals surface area contributed by atoms with Gasteiger partial charge < -0.3 is 5.32 Å². The largest absolute Gasteiger partial charge is 0.345 e. The van der Waals surface area contributed by atoms with Gasteiger partial charge in [-0.1, -0.05) is 24.3 Å². The molecule has 2 rings (SSSR count). The lowest BCUT2D eigenvalue weighted by molar-refractivity contribution is 0.0939. The molecular formula is C15H16N2O. The second kappa shape index (κ2) is 5.45. The van der Waals surface area contributed by atoms with Crippen LogP contribution in [0.2, 0.25) is 0 Å². The highest BCUT2D eigenvalue weighted by Crippen LogP contribution is 2.17. The first-order valence-electron chi connectivity index (χ1n) is 5.95. The molecule has 1 atom stereocenters. The molecule has 1 aromatic carbocycles. The van der Waals surface area contributed by atoms with Crippen molar-refractivity contribution in [1.29, 1.82) is 0 Å². The number of benzene rings is 1. The van der Waals surface area contributed by atoms with Crippen molar-refractivity contribution in [1.82, 2.24) is 10.3 Å². The summed E-state index contributed by atoms with van der Waals surface area (Å²) >= 11 is 0. The molecular weight excluding hydrogens is 224 g/mol. The molecule has 0 saturated carbocycles. The number of hydrogen-bond acceptors (Lipinski definition) is 2. The third kappa shape index (κ3) is 2.74. The number of carbonyl (C=O) groups is 1. The Hall–Kier alpha value is -2.16. The van der Waals surface area contributed by atoms with E-state index in [2.05, 4.69) is 10.3 Å². The van der Waals surface area contributed by atoms with Crippen molar-refractivity contribution in [3.05, 3.63) is 65.5 Å². The smallest absolute Gasteiger partial charge is 0.253 e. The average molecular weight is 240 g/mol. The molecule has 1 N–H and O–H groups in total. The van der Waals surface area contributed by atoms with Crippen molar-refractivity contribution in [2.75, 3.05) is 0 Å². The highest BCUT2D eigenvalue weighted by molar-refractivity contribution is 5.94. The van der Waals surface area contributed by atoms with Gasteiger partial charge in [0.15, 0.2) is 0 Å². The molecule has 92 valence electrons. The van der Waals surface area contributed by atoms with E-state index in [4.69, 9.17) is 0 Å². The van der Waals surface area contributed by atoms with Crippen LogP contribution in [0.15, 0.2) is 48.8 Å². The van der Waals surface area contributed by atoms with E-state index >= 15 is 0 Å². The molecule has 0 aliphatic carbocycles. The van der Waals surface area contributed by atoms with Gasteiger partial charge in [0.05, 0.1) is 11.6 Å². The summed E-state index contributed by atoms with van der Waals surface area (Å²) in [6.45, 7) is 4.03. The van der Waals surface area contributed by atoms with Gasteiger partial charge in [0.2, 0.25) is 0 Å². The van der Waals surface area contributed by atoms with Crippen LogP contribution in [0.4, 0.5) is 0 Å². The van der Waals surface area contributed by atoms with Crippen molar-refractivity contribution >= 4 is 5.91 Å². The summed E-state index contributed by atoms with van der Waals surface area (Å²) in [4.78, 5) is 15.9. The van der Waals surface area contributed by atoms with Gasteiger partial charge in [0, 0.05) is 12.4 Å². The van der Waals surface area contributed by atoms with Crippen LogP contribution >= 0.6 is 0 Å². The van der Waals surface area contributed by atoms with Gasteiger partial charge >= 0.3 is 0 Å². The molecule has 18 heavy (non-hydrogen) atoms. The number of nitrogens with one attached hydrogen (secondary N) is 1. The highest BCUT2D eigenvalue weighted by atomic mass is 16.1. The van der Waals surface area contributed by atoms with Crippen molar-refractivity contribution < 1.29 is 4.79 Å². The zero-order valence-electron chi connectivity index (χ0n) is 10.6. The second-order valence-corrected chi connectivity index (χ2v) is 4.29. The van der Waals surface area contributed by atoms with Crippen LogP contribution in [0.1, 0.15) is 34.5 Å². The normalized spacial score (nSPS) is 11.9. The number of pyridine rings is 1. The molecule has 2 aromatic rings. The fourth-order valence-corrected chi connectivity index (χ4v) is 1.93. The van der Waals surface area contributed by atoms with Gasteiger partial charge in [-0.25, -0.2) is 0 Å². The van der Waals surface area contributed by atoms with E-state index in [1.807, 2.05) is 38.1 Å². The first kappa shape index (κ1) is 12.3. The lowest BCUT2D eigenvalue weighted by Gasteiger charge is -2.16. The molecule has 0 unspecified atom stereocenters. The second-order valence-electron chi connectivity index (χ2n) is 4.29. The molecule has 3 heteroatoms. The summed E-state index contributed by atoms with van der Waals surface area (Å²) < 4.78 is 0. The molecule has 0 aliphatic heterocycles. The zero-order valence-corrected chi connectivity index (χ0v) is 10.6. The van der Waals surface area contributed by atoms with E-state index in [-0.39, 0.29) is 11.9 Å². The van der Waals surface area contributed by atoms with Crippen LogP contribution in [-0.4, -0.2) is 10.9 Å². The Kier molecular flexibility index (Phi) is 3.72. The minimum Gasteiger partial charge on any atom is -0.345 e. The van der Waals surface area contributed by atoms with E-state index in [0.29, 0.717) is 5.56 Å². The highest BCUT2D eigenvalue weighted by Gasteiger charge is 2.12. The van der Waals surface area contributed by atoms with E-state index in [1.165, 1.54) is 5.56 Å². The maximum atomic E-state index is 12.0. The Labute approximate surface area is 107 Å². The summed E-state index contributed by atoms with van der Waals surface area (Å²) in [6.07, 6.45) is 3.22. The first-order chi connectivity index (χ1) is 8.68. The van der Waals surface area contributed by atoms with Gasteiger partial charge in [-0.3, -0.25) is 9.78 Å². The predicted molar refractivity (Wildman–Crippen MR) is 71.3 cm³/mol. The third-order valence-electron chi connectivity index (χ3n) is 2.93. The number of nitrogens with zero attached hydrogens (tertiary/aromatic N) is 1. The van der Waals surface area contributed by atoms with Crippen molar-refractivity contribution in [2.45, 2.75) is 19.9 Å². The molecule has 0 spiro atoms. The Morgan fingerprint density at radius 1 is 1.22 bits per heavy atom. The zero-order chi connectivity index (χ0) is 13.0. The third-order valence-corrected chi connectivity index (χ3v) is 2.93. The van der Waals surface area contributed by atoms with Gasteiger partial charge in [0.1, 0.15) is 0 Å². The predicted octanol–water partition coefficient (Wildman–Crippen LogP) is 2.88. The van der Waals surface area contributed by atoms with E-state index < -0.39 is 0 Å². The van der Waals surface area contributed by atoms with E-state index in [9.17, 15) is 4.79 Å². The Morgan fingerprint density at radius 3 is 2.67 bits per heavy atom. The number of aryl methyl sites for hydroxylation is 1. The minimum atomic E-state index is -0.0983. The minimum absolute atomic E-state index is 0.0149. The van der Waals surface area contributed by atoms with Gasteiger partial charge in [0.25, 0.3) is 5.91 Å². The molecule has 0 radical (unpaired) electrons. The number of carbonyl (C=O) groups excluding carboxylic acids is 1. The van der Waals surface area contributed by atoms with Crippen molar-refractivity contribution in [3.8, 4) is 0 Å². The maximum Gasteiger partial charge on any atom is 0.253 e. The lowest BCUT2D eigenvalue weighted by Crippen LogP contribution is -2.27. The average Bonchev–Trinajstić information content (AvgIpc) is 2.40. The van der Waals surface area contributed by atoms with Gasteiger partial charge in [-0.05, 0) is 37.1 Å². The van der Waals surface area contributed by atoms with Crippen LogP contribution in [0.3, 0.4) is 0 Å². The maximum absolute atomic E-state index is 12.0. The summed E-state index contributed by atoms with van der Waals surface area (Å²) in [5, 5.41) is 2.97. The summed E-state index contributed by atoms with van der Waals surface area (Å²) in [5.41, 5.74) is 2.89.